The van der Waals surface area contributed by atoms with Crippen LogP contribution in [0.1, 0.15) is 114 Å². The number of aromatic nitrogens is 2. The topological polar surface area (TPSA) is 142 Å². The van der Waals surface area contributed by atoms with E-state index in [0.717, 1.165) is 73.6 Å². The average molecular weight is 921 g/mol. The third-order valence-electron chi connectivity index (χ3n) is 11.6. The van der Waals surface area contributed by atoms with Gasteiger partial charge in [-0.05, 0) is 150 Å². The lowest BCUT2D eigenvalue weighted by molar-refractivity contribution is -0.0563. The quantitative estimate of drug-likeness (QED) is 0.0804. The molecule has 2 aromatic heterocycles. The Bertz CT molecular complexity index is 2520. The molecule has 67 heavy (non-hydrogen) atoms. The third kappa shape index (κ3) is 14.1. The van der Waals surface area contributed by atoms with Crippen molar-refractivity contribution >= 4 is 11.9 Å². The van der Waals surface area contributed by atoms with Crippen molar-refractivity contribution in [1.29, 1.82) is 0 Å². The minimum absolute atomic E-state index is 0.00795. The highest BCUT2D eigenvalue weighted by molar-refractivity contribution is 5.92. The molecular weight excluding hydrogens is 863 g/mol. The van der Waals surface area contributed by atoms with Crippen molar-refractivity contribution in [2.75, 3.05) is 13.2 Å². The van der Waals surface area contributed by atoms with Crippen LogP contribution in [0.3, 0.4) is 0 Å². The summed E-state index contributed by atoms with van der Waals surface area (Å²) in [5.41, 5.74) is 6.62. The molecule has 2 aliphatic rings. The minimum atomic E-state index is -0.335. The Hall–Kier alpha value is -6.22. The lowest BCUT2D eigenvalue weighted by atomic mass is 9.94. The summed E-state index contributed by atoms with van der Waals surface area (Å²) in [6, 6.07) is 23.3. The summed E-state index contributed by atoms with van der Waals surface area (Å²) in [7, 11) is 0. The van der Waals surface area contributed by atoms with Crippen molar-refractivity contribution in [3.05, 3.63) is 148 Å². The zero-order valence-electron chi connectivity index (χ0n) is 38.5. The number of ether oxygens (including phenoxy) is 6. The van der Waals surface area contributed by atoms with E-state index < -0.39 is 0 Å². The Morgan fingerprint density at radius 1 is 0.597 bits per heavy atom. The number of hydrogen-bond acceptors (Lipinski definition) is 12. The van der Waals surface area contributed by atoms with Crippen molar-refractivity contribution in [2.45, 2.75) is 123 Å². The molecule has 14 heteroatoms. The number of hydrogen-bond donors (Lipinski definition) is 0. The fourth-order valence-corrected chi connectivity index (χ4v) is 8.09. The molecule has 4 aromatic carbocycles. The summed E-state index contributed by atoms with van der Waals surface area (Å²) in [5.74, 6) is 0.294. The smallest absolute Gasteiger partial charge is 0.338 e. The first-order valence-corrected chi connectivity index (χ1v) is 23.0. The summed E-state index contributed by atoms with van der Waals surface area (Å²) in [6.07, 6.45) is 10.6. The van der Waals surface area contributed by atoms with Gasteiger partial charge in [0.25, 0.3) is 0 Å². The van der Waals surface area contributed by atoms with Gasteiger partial charge in [0, 0.05) is 17.5 Å². The molecule has 0 aliphatic heterocycles. The standard InChI is InChI=1S/C27H30FNO5.C26H28FNO5/c1-3-31-27(30)25-13-18(2)7-8-20(25)15-32-23-5-4-6-24(14-23)33-16-22-17-34-26(29-22)19-9-11-21(28)12-10-19;1-3-30-26(29)24-14-23(12-7-17(24)2)33-22-6-4-5-21(13-22)31-15-20-16-32-25(28-20)18-8-10-19(27)11-9-18/h7-13,17,23-24H,3-6,14-16H2,1-2H3;7-12,14,16,21-22H,3-6,13,15H2,1-2H3/t23-,24+;21-,22+/m10/s1. The van der Waals surface area contributed by atoms with Gasteiger partial charge in [-0.3, -0.25) is 0 Å². The van der Waals surface area contributed by atoms with Gasteiger partial charge in [-0.2, -0.15) is 0 Å². The van der Waals surface area contributed by atoms with Crippen LogP contribution in [0, 0.1) is 25.5 Å². The van der Waals surface area contributed by atoms with Gasteiger partial charge in [0.1, 0.15) is 47.4 Å². The Morgan fingerprint density at radius 3 is 1.63 bits per heavy atom. The van der Waals surface area contributed by atoms with Crippen LogP contribution in [-0.4, -0.2) is 59.5 Å². The lowest BCUT2D eigenvalue weighted by Gasteiger charge is -2.29. The number of rotatable bonds is 17. The monoisotopic (exact) mass is 920 g/mol. The molecule has 2 heterocycles. The second-order valence-electron chi connectivity index (χ2n) is 16.8. The predicted molar refractivity (Wildman–Crippen MR) is 245 cm³/mol. The van der Waals surface area contributed by atoms with E-state index in [9.17, 15) is 18.4 Å². The van der Waals surface area contributed by atoms with Gasteiger partial charge in [0.05, 0.1) is 62.5 Å². The largest absolute Gasteiger partial charge is 0.490 e. The van der Waals surface area contributed by atoms with Gasteiger partial charge in [-0.15, -0.1) is 0 Å². The van der Waals surface area contributed by atoms with E-state index in [1.54, 1.807) is 56.7 Å². The van der Waals surface area contributed by atoms with E-state index in [2.05, 4.69) is 9.97 Å². The fraction of sp³-hybridized carbons (Fsp3) is 0.396. The van der Waals surface area contributed by atoms with Crippen molar-refractivity contribution < 1.29 is 55.6 Å². The maximum atomic E-state index is 13.1. The molecule has 0 saturated heterocycles. The first kappa shape index (κ1) is 48.7. The second-order valence-corrected chi connectivity index (χ2v) is 16.8. The zero-order chi connectivity index (χ0) is 47.1. The van der Waals surface area contributed by atoms with E-state index in [4.69, 9.17) is 37.3 Å². The fourth-order valence-electron chi connectivity index (χ4n) is 8.09. The van der Waals surface area contributed by atoms with Crippen LogP contribution in [0.25, 0.3) is 22.9 Å². The number of nitrogens with zero attached hydrogens (tertiary/aromatic N) is 2. The van der Waals surface area contributed by atoms with Crippen LogP contribution >= 0.6 is 0 Å². The average Bonchev–Trinajstić information content (AvgIpc) is 4.02. The first-order chi connectivity index (χ1) is 32.5. The third-order valence-corrected chi connectivity index (χ3v) is 11.6. The van der Waals surface area contributed by atoms with Crippen LogP contribution in [0.15, 0.2) is 106 Å². The summed E-state index contributed by atoms with van der Waals surface area (Å²) >= 11 is 0. The van der Waals surface area contributed by atoms with Crippen LogP contribution < -0.4 is 4.74 Å². The highest BCUT2D eigenvalue weighted by atomic mass is 19.1. The SMILES string of the molecule is CCOC(=O)c1cc(C)ccc1CO[C@@H]1CCC[C@H](OCc2coc(-c3ccc(F)cc3)n2)C1.CCOC(=O)c1cc(O[C@@H]2CCC[C@H](OCc3coc(-c4ccc(F)cc4)n3)C2)ccc1C. The second kappa shape index (κ2) is 24.0. The molecule has 354 valence electrons. The molecule has 8 rings (SSSR count). The van der Waals surface area contributed by atoms with E-state index >= 15 is 0 Å². The summed E-state index contributed by atoms with van der Waals surface area (Å²) < 4.78 is 72.1. The number of aryl methyl sites for hydroxylation is 2. The van der Waals surface area contributed by atoms with Crippen molar-refractivity contribution in [3.8, 4) is 28.7 Å². The van der Waals surface area contributed by atoms with E-state index in [1.807, 2.05) is 44.2 Å². The Balaban J connectivity index is 0.000000199. The van der Waals surface area contributed by atoms with Crippen molar-refractivity contribution in [2.24, 2.45) is 0 Å². The van der Waals surface area contributed by atoms with E-state index in [-0.39, 0.29) is 48.0 Å². The normalized spacial score (nSPS) is 18.1. The molecule has 6 aromatic rings. The molecule has 0 bridgehead atoms. The number of esters is 2. The number of carbonyl (C=O) groups excluding carboxylic acids is 2. The number of benzene rings is 4. The number of halogens is 2. The van der Waals surface area contributed by atoms with Crippen LogP contribution in [0.4, 0.5) is 8.78 Å². The van der Waals surface area contributed by atoms with Crippen molar-refractivity contribution in [3.63, 3.8) is 0 Å². The number of carbonyl (C=O) groups is 2. The maximum Gasteiger partial charge on any atom is 0.338 e. The maximum absolute atomic E-state index is 13.1. The lowest BCUT2D eigenvalue weighted by Crippen LogP contribution is -2.30. The van der Waals surface area contributed by atoms with Gasteiger partial charge in [0.15, 0.2) is 0 Å². The molecule has 12 nitrogen and oxygen atoms in total. The summed E-state index contributed by atoms with van der Waals surface area (Å²) in [6.45, 7) is 9.13. The van der Waals surface area contributed by atoms with Crippen LogP contribution in [0.5, 0.6) is 5.75 Å². The van der Waals surface area contributed by atoms with E-state index in [0.29, 0.717) is 78.6 Å². The van der Waals surface area contributed by atoms with Gasteiger partial charge in [-0.25, -0.2) is 28.3 Å². The van der Waals surface area contributed by atoms with Gasteiger partial charge >= 0.3 is 11.9 Å². The Labute approximate surface area is 389 Å². The predicted octanol–water partition coefficient (Wildman–Crippen LogP) is 11.9. The Kier molecular flexibility index (Phi) is 17.4. The highest BCUT2D eigenvalue weighted by Gasteiger charge is 2.26. The van der Waals surface area contributed by atoms with E-state index in [1.165, 1.54) is 24.3 Å². The Morgan fingerprint density at radius 2 is 1.09 bits per heavy atom. The zero-order valence-corrected chi connectivity index (χ0v) is 38.5. The molecule has 0 N–H and O–H groups in total. The van der Waals surface area contributed by atoms with Crippen LogP contribution in [0.2, 0.25) is 0 Å². The van der Waals surface area contributed by atoms with Crippen molar-refractivity contribution in [1.82, 2.24) is 9.97 Å². The van der Waals surface area contributed by atoms with Gasteiger partial charge in [0.2, 0.25) is 11.8 Å². The molecule has 2 aliphatic carbocycles. The molecule has 2 fully saturated rings. The minimum Gasteiger partial charge on any atom is -0.490 e. The molecule has 4 atom stereocenters. The van der Waals surface area contributed by atoms with Crippen LogP contribution in [-0.2, 0) is 43.5 Å². The molecule has 2 saturated carbocycles. The number of oxazole rings is 2. The van der Waals surface area contributed by atoms with Gasteiger partial charge < -0.3 is 37.3 Å². The molecule has 0 spiro atoms. The highest BCUT2D eigenvalue weighted by Crippen LogP contribution is 2.30. The first-order valence-electron chi connectivity index (χ1n) is 23.0. The summed E-state index contributed by atoms with van der Waals surface area (Å²) in [5, 5.41) is 0. The molecular formula is C53H58F2N2O10. The molecule has 0 unspecified atom stereocenters. The molecule has 0 amide bonds. The van der Waals surface area contributed by atoms with Gasteiger partial charge in [-0.1, -0.05) is 23.8 Å². The summed E-state index contributed by atoms with van der Waals surface area (Å²) in [4.78, 5) is 33.4. The molecule has 0 radical (unpaired) electrons.